The van der Waals surface area contributed by atoms with Crippen LogP contribution in [0.4, 0.5) is 0 Å². The van der Waals surface area contributed by atoms with Crippen molar-refractivity contribution in [1.82, 2.24) is 10.2 Å². The summed E-state index contributed by atoms with van der Waals surface area (Å²) < 4.78 is 0.743. The molecule has 0 atom stereocenters. The Morgan fingerprint density at radius 2 is 2.16 bits per heavy atom. The van der Waals surface area contributed by atoms with Crippen LogP contribution in [0.1, 0.15) is 23.2 Å². The smallest absolute Gasteiger partial charge is 0.309 e. The van der Waals surface area contributed by atoms with E-state index >= 15 is 0 Å². The van der Waals surface area contributed by atoms with Gasteiger partial charge in [-0.3, -0.25) is 9.89 Å². The second kappa shape index (κ2) is 4.81. The molecule has 1 aliphatic carbocycles. The summed E-state index contributed by atoms with van der Waals surface area (Å²) in [6.45, 7) is 0. The Hall–Kier alpha value is -1.62. The average molecular weight is 321 g/mol. The molecule has 3 rings (SSSR count). The molecule has 1 heterocycles. The Morgan fingerprint density at radius 1 is 1.37 bits per heavy atom. The predicted molar refractivity (Wildman–Crippen MR) is 75.1 cm³/mol. The molecule has 0 aliphatic heterocycles. The maximum Gasteiger partial charge on any atom is 0.309 e. The molecule has 1 aromatic carbocycles. The second-order valence-electron chi connectivity index (χ2n) is 4.77. The summed E-state index contributed by atoms with van der Waals surface area (Å²) in [6, 6.07) is 6.36. The van der Waals surface area contributed by atoms with Crippen LogP contribution in [0, 0.1) is 0 Å². The van der Waals surface area contributed by atoms with Crippen LogP contribution in [-0.2, 0) is 24.1 Å². The van der Waals surface area contributed by atoms with Gasteiger partial charge in [0.15, 0.2) is 0 Å². The third-order valence-electron chi connectivity index (χ3n) is 3.48. The van der Waals surface area contributed by atoms with Gasteiger partial charge in [0.05, 0.1) is 16.6 Å². The molecule has 5 heteroatoms. The Morgan fingerprint density at radius 3 is 2.95 bits per heavy atom. The van der Waals surface area contributed by atoms with E-state index in [1.165, 1.54) is 17.5 Å². The average Bonchev–Trinajstić information content (AvgIpc) is 2.96. The molecule has 0 spiro atoms. The molecule has 0 fully saturated rings. The van der Waals surface area contributed by atoms with Crippen molar-refractivity contribution in [2.75, 3.05) is 0 Å². The summed E-state index contributed by atoms with van der Waals surface area (Å²) in [5.74, 6) is -0.871. The minimum Gasteiger partial charge on any atom is -0.481 e. The summed E-state index contributed by atoms with van der Waals surface area (Å²) in [5.41, 5.74) is 5.21. The largest absolute Gasteiger partial charge is 0.481 e. The highest BCUT2D eigenvalue weighted by Gasteiger charge is 2.17. The SMILES string of the molecule is O=C(O)Cc1[nH]nc(-c2ccc3c(c2)CCC3)c1Br. The van der Waals surface area contributed by atoms with Gasteiger partial charge in [-0.05, 0) is 52.4 Å². The van der Waals surface area contributed by atoms with Gasteiger partial charge in [0, 0.05) is 5.56 Å². The lowest BCUT2D eigenvalue weighted by atomic mass is 10.0. The quantitative estimate of drug-likeness (QED) is 0.913. The summed E-state index contributed by atoms with van der Waals surface area (Å²) in [5, 5.41) is 15.9. The maximum absolute atomic E-state index is 10.8. The standard InChI is InChI=1S/C14H13BrN2O2/c15-13-11(7-12(18)19)16-17-14(13)10-5-4-8-2-1-3-9(8)6-10/h4-6H,1-3,7H2,(H,16,17)(H,18,19). The highest BCUT2D eigenvalue weighted by Crippen LogP contribution is 2.32. The first-order chi connectivity index (χ1) is 9.15. The van der Waals surface area contributed by atoms with Crippen LogP contribution in [0.2, 0.25) is 0 Å². The number of H-pyrrole nitrogens is 1. The summed E-state index contributed by atoms with van der Waals surface area (Å²) in [7, 11) is 0. The number of aryl methyl sites for hydroxylation is 2. The number of halogens is 1. The van der Waals surface area contributed by atoms with Gasteiger partial charge in [-0.15, -0.1) is 0 Å². The lowest BCUT2D eigenvalue weighted by Crippen LogP contribution is -2.00. The van der Waals surface area contributed by atoms with E-state index in [2.05, 4.69) is 44.3 Å². The van der Waals surface area contributed by atoms with Gasteiger partial charge in [-0.2, -0.15) is 5.10 Å². The molecule has 2 N–H and O–H groups in total. The Kier molecular flexibility index (Phi) is 3.14. The zero-order valence-electron chi connectivity index (χ0n) is 10.2. The number of aromatic nitrogens is 2. The van der Waals surface area contributed by atoms with Crippen molar-refractivity contribution in [3.8, 4) is 11.3 Å². The maximum atomic E-state index is 10.8. The van der Waals surface area contributed by atoms with Crippen molar-refractivity contribution < 1.29 is 9.90 Å². The zero-order valence-corrected chi connectivity index (χ0v) is 11.8. The first kappa shape index (κ1) is 12.4. The number of aromatic amines is 1. The molecule has 1 aromatic heterocycles. The van der Waals surface area contributed by atoms with Crippen LogP contribution in [0.25, 0.3) is 11.3 Å². The van der Waals surface area contributed by atoms with Crippen LogP contribution in [0.5, 0.6) is 0 Å². The minimum absolute atomic E-state index is 0.0570. The van der Waals surface area contributed by atoms with E-state index in [0.717, 1.165) is 28.6 Å². The third-order valence-corrected chi connectivity index (χ3v) is 4.33. The van der Waals surface area contributed by atoms with Crippen LogP contribution in [0.3, 0.4) is 0 Å². The molecule has 0 unspecified atom stereocenters. The van der Waals surface area contributed by atoms with Crippen LogP contribution < -0.4 is 0 Å². The molecule has 0 saturated heterocycles. The normalized spacial score (nSPS) is 13.5. The third kappa shape index (κ3) is 2.30. The van der Waals surface area contributed by atoms with E-state index in [4.69, 9.17) is 5.11 Å². The van der Waals surface area contributed by atoms with E-state index in [-0.39, 0.29) is 6.42 Å². The van der Waals surface area contributed by atoms with Crippen LogP contribution in [-0.4, -0.2) is 21.3 Å². The van der Waals surface area contributed by atoms with Crippen LogP contribution in [0.15, 0.2) is 22.7 Å². The van der Waals surface area contributed by atoms with Gasteiger partial charge in [0.2, 0.25) is 0 Å². The zero-order chi connectivity index (χ0) is 13.4. The van der Waals surface area contributed by atoms with Crippen molar-refractivity contribution in [1.29, 1.82) is 0 Å². The number of nitrogens with one attached hydrogen (secondary N) is 1. The van der Waals surface area contributed by atoms with Crippen molar-refractivity contribution in [3.05, 3.63) is 39.5 Å². The second-order valence-corrected chi connectivity index (χ2v) is 5.57. The minimum atomic E-state index is -0.871. The first-order valence-corrected chi connectivity index (χ1v) is 7.01. The molecule has 2 aromatic rings. The highest BCUT2D eigenvalue weighted by molar-refractivity contribution is 9.10. The molecule has 98 valence electrons. The molecule has 19 heavy (non-hydrogen) atoms. The number of hydrogen-bond acceptors (Lipinski definition) is 2. The van der Waals surface area contributed by atoms with Crippen molar-refractivity contribution >= 4 is 21.9 Å². The van der Waals surface area contributed by atoms with Gasteiger partial charge in [0.25, 0.3) is 0 Å². The van der Waals surface area contributed by atoms with E-state index in [0.29, 0.717) is 5.69 Å². The Balaban J connectivity index is 1.98. The number of benzene rings is 1. The fourth-order valence-electron chi connectivity index (χ4n) is 2.54. The molecule has 0 bridgehead atoms. The van der Waals surface area contributed by atoms with Crippen molar-refractivity contribution in [2.45, 2.75) is 25.7 Å². The summed E-state index contributed by atoms with van der Waals surface area (Å²) >= 11 is 3.44. The van der Waals surface area contributed by atoms with E-state index in [1.807, 2.05) is 0 Å². The number of carboxylic acids is 1. The lowest BCUT2D eigenvalue weighted by molar-refractivity contribution is -0.136. The Labute approximate surface area is 119 Å². The fraction of sp³-hybridized carbons (Fsp3) is 0.286. The number of aliphatic carboxylic acids is 1. The lowest BCUT2D eigenvalue weighted by Gasteiger charge is -2.03. The molecule has 0 radical (unpaired) electrons. The molecular formula is C14H13BrN2O2. The fourth-order valence-corrected chi connectivity index (χ4v) is 3.09. The van der Waals surface area contributed by atoms with Gasteiger partial charge < -0.3 is 5.11 Å². The topological polar surface area (TPSA) is 66.0 Å². The number of carboxylic acid groups (broad SMARTS) is 1. The van der Waals surface area contributed by atoms with Crippen LogP contribution >= 0.6 is 15.9 Å². The monoisotopic (exact) mass is 320 g/mol. The molecule has 4 nitrogen and oxygen atoms in total. The summed E-state index contributed by atoms with van der Waals surface area (Å²) in [6.07, 6.45) is 3.43. The highest BCUT2D eigenvalue weighted by atomic mass is 79.9. The number of nitrogens with zero attached hydrogens (tertiary/aromatic N) is 1. The van der Waals surface area contributed by atoms with Crippen molar-refractivity contribution in [3.63, 3.8) is 0 Å². The Bertz CT molecular complexity index is 649. The molecular weight excluding hydrogens is 308 g/mol. The number of hydrogen-bond donors (Lipinski definition) is 2. The van der Waals surface area contributed by atoms with Gasteiger partial charge in [-0.1, -0.05) is 12.1 Å². The first-order valence-electron chi connectivity index (χ1n) is 6.22. The van der Waals surface area contributed by atoms with Gasteiger partial charge >= 0.3 is 5.97 Å². The number of rotatable bonds is 3. The number of fused-ring (bicyclic) bond motifs is 1. The van der Waals surface area contributed by atoms with Crippen molar-refractivity contribution in [2.24, 2.45) is 0 Å². The molecule has 0 saturated carbocycles. The predicted octanol–water partition coefficient (Wildman–Crippen LogP) is 2.96. The molecule has 0 amide bonds. The van der Waals surface area contributed by atoms with E-state index in [9.17, 15) is 4.79 Å². The summed E-state index contributed by atoms with van der Waals surface area (Å²) in [4.78, 5) is 10.8. The molecule has 1 aliphatic rings. The van der Waals surface area contributed by atoms with E-state index in [1.54, 1.807) is 0 Å². The van der Waals surface area contributed by atoms with Gasteiger partial charge in [-0.25, -0.2) is 0 Å². The van der Waals surface area contributed by atoms with E-state index < -0.39 is 5.97 Å². The van der Waals surface area contributed by atoms with Gasteiger partial charge in [0.1, 0.15) is 5.69 Å². The number of carbonyl (C=O) groups is 1.